The molecule has 1 aromatic rings. The molecule has 7 heteroatoms. The highest BCUT2D eigenvalue weighted by molar-refractivity contribution is 7.99. The van der Waals surface area contributed by atoms with Crippen molar-refractivity contribution >= 4 is 40.9 Å². The van der Waals surface area contributed by atoms with Crippen molar-refractivity contribution < 1.29 is 14.4 Å². The quantitative estimate of drug-likeness (QED) is 0.765. The number of anilines is 2. The third kappa shape index (κ3) is 3.06. The van der Waals surface area contributed by atoms with Crippen molar-refractivity contribution in [1.29, 1.82) is 0 Å². The molecule has 2 heterocycles. The van der Waals surface area contributed by atoms with Crippen molar-refractivity contribution in [2.75, 3.05) is 22.1 Å². The summed E-state index contributed by atoms with van der Waals surface area (Å²) in [5, 5.41) is 8.41. The fourth-order valence-corrected chi connectivity index (χ4v) is 3.66. The molecule has 2 aliphatic rings. The van der Waals surface area contributed by atoms with Gasteiger partial charge in [0, 0.05) is 29.3 Å². The van der Waals surface area contributed by atoms with E-state index in [-0.39, 0.29) is 17.7 Å². The summed E-state index contributed by atoms with van der Waals surface area (Å²) >= 11 is 1.59. The van der Waals surface area contributed by atoms with Crippen LogP contribution in [0, 0.1) is 0 Å². The van der Waals surface area contributed by atoms with Crippen molar-refractivity contribution in [2.45, 2.75) is 31.7 Å². The molecular weight excluding hydrogens is 314 g/mol. The molecule has 0 spiro atoms. The molecule has 0 aromatic heterocycles. The number of nitrogens with one attached hydrogen (secondary N) is 3. The summed E-state index contributed by atoms with van der Waals surface area (Å²) in [7, 11) is 0. The largest absolute Gasteiger partial charge is 0.343 e. The van der Waals surface area contributed by atoms with Crippen LogP contribution in [0.4, 0.5) is 11.4 Å². The van der Waals surface area contributed by atoms with Gasteiger partial charge in [-0.3, -0.25) is 14.4 Å². The predicted octanol–water partition coefficient (Wildman–Crippen LogP) is 1.48. The number of carbonyl (C=O) groups is 3. The third-order valence-corrected chi connectivity index (χ3v) is 5.25. The first-order valence-corrected chi connectivity index (χ1v) is 8.67. The molecule has 1 fully saturated rings. The molecule has 1 saturated heterocycles. The maximum absolute atomic E-state index is 12.4. The molecule has 3 rings (SSSR count). The van der Waals surface area contributed by atoms with Gasteiger partial charge in [0.15, 0.2) is 0 Å². The fraction of sp³-hybridized carbons (Fsp3) is 0.438. The van der Waals surface area contributed by atoms with Crippen LogP contribution in [-0.4, -0.2) is 35.3 Å². The molecule has 1 unspecified atom stereocenters. The van der Waals surface area contributed by atoms with Crippen molar-refractivity contribution in [1.82, 2.24) is 5.32 Å². The van der Waals surface area contributed by atoms with Crippen molar-refractivity contribution in [3.63, 3.8) is 0 Å². The van der Waals surface area contributed by atoms with Crippen molar-refractivity contribution in [2.24, 2.45) is 0 Å². The summed E-state index contributed by atoms with van der Waals surface area (Å²) in [5.41, 5.74) is 1.64. The number of rotatable bonds is 2. The van der Waals surface area contributed by atoms with Gasteiger partial charge in [0.25, 0.3) is 0 Å². The Bertz CT molecular complexity index is 687. The van der Waals surface area contributed by atoms with Gasteiger partial charge in [-0.05, 0) is 37.6 Å². The molecule has 0 saturated carbocycles. The average molecular weight is 333 g/mol. The highest BCUT2D eigenvalue weighted by Gasteiger charge is 2.38. The van der Waals surface area contributed by atoms with Gasteiger partial charge in [-0.2, -0.15) is 11.8 Å². The zero-order valence-corrected chi connectivity index (χ0v) is 13.9. The zero-order valence-electron chi connectivity index (χ0n) is 13.1. The molecule has 1 aromatic carbocycles. The molecule has 23 heavy (non-hydrogen) atoms. The standard InChI is InChI=1S/C16H19N3O3S/c1-16(2)10-7-9(3-4-11(10)19-15(16)22)17-14(21)12-8-23-6-5-13(20)18-12/h3-4,7,12H,5-6,8H2,1-2H3,(H,17,21)(H,18,20)(H,19,22). The van der Waals surface area contributed by atoms with E-state index in [0.29, 0.717) is 17.9 Å². The van der Waals surface area contributed by atoms with E-state index < -0.39 is 11.5 Å². The van der Waals surface area contributed by atoms with E-state index in [1.54, 1.807) is 23.9 Å². The molecule has 0 bridgehead atoms. The van der Waals surface area contributed by atoms with Gasteiger partial charge in [-0.1, -0.05) is 0 Å². The Kier molecular flexibility index (Phi) is 4.06. The van der Waals surface area contributed by atoms with Gasteiger partial charge in [-0.25, -0.2) is 0 Å². The first kappa shape index (κ1) is 15.9. The van der Waals surface area contributed by atoms with Gasteiger partial charge in [-0.15, -0.1) is 0 Å². The maximum Gasteiger partial charge on any atom is 0.247 e. The second-order valence-corrected chi connectivity index (χ2v) is 7.42. The Morgan fingerprint density at radius 2 is 2.13 bits per heavy atom. The molecule has 3 N–H and O–H groups in total. The van der Waals surface area contributed by atoms with Gasteiger partial charge >= 0.3 is 0 Å². The van der Waals surface area contributed by atoms with Crippen LogP contribution in [0.5, 0.6) is 0 Å². The minimum absolute atomic E-state index is 0.0524. The van der Waals surface area contributed by atoms with Crippen molar-refractivity contribution in [3.05, 3.63) is 23.8 Å². The Morgan fingerprint density at radius 1 is 1.35 bits per heavy atom. The number of amides is 3. The van der Waals surface area contributed by atoms with Crippen LogP contribution in [0.2, 0.25) is 0 Å². The smallest absolute Gasteiger partial charge is 0.247 e. The highest BCUT2D eigenvalue weighted by Crippen LogP contribution is 2.38. The number of fused-ring (bicyclic) bond motifs is 1. The summed E-state index contributed by atoms with van der Waals surface area (Å²) < 4.78 is 0. The Labute approximate surface area is 138 Å². The number of thioether (sulfide) groups is 1. The maximum atomic E-state index is 12.4. The van der Waals surface area contributed by atoms with E-state index in [2.05, 4.69) is 16.0 Å². The Balaban J connectivity index is 1.76. The molecule has 0 aliphatic carbocycles. The molecule has 1 atom stereocenters. The first-order valence-electron chi connectivity index (χ1n) is 7.52. The van der Waals surface area contributed by atoms with Crippen LogP contribution in [0.3, 0.4) is 0 Å². The van der Waals surface area contributed by atoms with Crippen LogP contribution < -0.4 is 16.0 Å². The minimum Gasteiger partial charge on any atom is -0.343 e. The zero-order chi connectivity index (χ0) is 16.6. The molecule has 3 amide bonds. The Hall–Kier alpha value is -2.02. The summed E-state index contributed by atoms with van der Waals surface area (Å²) in [5.74, 6) is 0.913. The van der Waals surface area contributed by atoms with Gasteiger partial charge < -0.3 is 16.0 Å². The minimum atomic E-state index is -0.623. The van der Waals surface area contributed by atoms with Crippen LogP contribution in [0.15, 0.2) is 18.2 Å². The number of hydrogen-bond acceptors (Lipinski definition) is 4. The average Bonchev–Trinajstić information content (AvgIpc) is 2.67. The molecule has 0 radical (unpaired) electrons. The van der Waals surface area contributed by atoms with E-state index in [4.69, 9.17) is 0 Å². The van der Waals surface area contributed by atoms with E-state index in [0.717, 1.165) is 17.0 Å². The summed E-state index contributed by atoms with van der Waals surface area (Å²) in [4.78, 5) is 35.9. The fourth-order valence-electron chi connectivity index (χ4n) is 2.69. The van der Waals surface area contributed by atoms with Gasteiger partial charge in [0.05, 0.1) is 5.41 Å². The van der Waals surface area contributed by atoms with Gasteiger partial charge in [0.2, 0.25) is 17.7 Å². The van der Waals surface area contributed by atoms with Gasteiger partial charge in [0.1, 0.15) is 6.04 Å². The second-order valence-electron chi connectivity index (χ2n) is 6.27. The number of hydrogen-bond donors (Lipinski definition) is 3. The highest BCUT2D eigenvalue weighted by atomic mass is 32.2. The molecular formula is C16H19N3O3S. The summed E-state index contributed by atoms with van der Waals surface area (Å²) in [6, 6.07) is 4.83. The summed E-state index contributed by atoms with van der Waals surface area (Å²) in [6.07, 6.45) is 0.440. The molecule has 6 nitrogen and oxygen atoms in total. The predicted molar refractivity (Wildman–Crippen MR) is 90.6 cm³/mol. The topological polar surface area (TPSA) is 87.3 Å². The SMILES string of the molecule is CC1(C)C(=O)Nc2ccc(NC(=O)C3CSCCC(=O)N3)cc21. The number of benzene rings is 1. The lowest BCUT2D eigenvalue weighted by Crippen LogP contribution is -2.44. The lowest BCUT2D eigenvalue weighted by Gasteiger charge is -2.18. The number of carbonyl (C=O) groups excluding carboxylic acids is 3. The van der Waals surface area contributed by atoms with E-state index in [1.165, 1.54) is 0 Å². The lowest BCUT2D eigenvalue weighted by atomic mass is 9.86. The van der Waals surface area contributed by atoms with Crippen molar-refractivity contribution in [3.8, 4) is 0 Å². The van der Waals surface area contributed by atoms with E-state index in [9.17, 15) is 14.4 Å². The monoisotopic (exact) mass is 333 g/mol. The van der Waals surface area contributed by atoms with Crippen LogP contribution in [0.25, 0.3) is 0 Å². The normalized spacial score (nSPS) is 22.6. The first-order chi connectivity index (χ1) is 10.9. The second kappa shape index (κ2) is 5.88. The Morgan fingerprint density at radius 3 is 2.91 bits per heavy atom. The molecule has 2 aliphatic heterocycles. The van der Waals surface area contributed by atoms with Crippen LogP contribution in [-0.2, 0) is 19.8 Å². The molecule has 122 valence electrons. The van der Waals surface area contributed by atoms with Crippen LogP contribution in [0.1, 0.15) is 25.8 Å². The van der Waals surface area contributed by atoms with E-state index >= 15 is 0 Å². The lowest BCUT2D eigenvalue weighted by molar-refractivity contribution is -0.125. The summed E-state index contributed by atoms with van der Waals surface area (Å²) in [6.45, 7) is 3.70. The third-order valence-electron chi connectivity index (χ3n) is 4.19. The van der Waals surface area contributed by atoms with Crippen LogP contribution >= 0.6 is 11.8 Å². The van der Waals surface area contributed by atoms with E-state index in [1.807, 2.05) is 19.9 Å².